The molecule has 0 bridgehead atoms. The number of carbonyl (C=O) groups is 3. The molecule has 0 aliphatic heterocycles. The Labute approximate surface area is 287 Å². The molecule has 0 aromatic rings. The molecule has 0 saturated carbocycles. The van der Waals surface area contributed by atoms with Crippen molar-refractivity contribution in [3.8, 4) is 0 Å². The van der Waals surface area contributed by atoms with Crippen molar-refractivity contribution in [2.45, 2.75) is 180 Å². The predicted molar refractivity (Wildman–Crippen MR) is 197 cm³/mol. The van der Waals surface area contributed by atoms with Crippen molar-refractivity contribution in [3.63, 3.8) is 0 Å². The van der Waals surface area contributed by atoms with Gasteiger partial charge in [0.15, 0.2) is 0 Å². The lowest BCUT2D eigenvalue weighted by Gasteiger charge is -2.15. The number of carboxylic acids is 1. The van der Waals surface area contributed by atoms with Crippen molar-refractivity contribution in [3.05, 3.63) is 48.6 Å². The first kappa shape index (κ1) is 44.3. The lowest BCUT2D eigenvalue weighted by atomic mass is 10.1. The van der Waals surface area contributed by atoms with E-state index >= 15 is 0 Å². The molecule has 7 nitrogen and oxygen atoms in total. The van der Waals surface area contributed by atoms with Crippen molar-refractivity contribution >= 4 is 17.8 Å². The number of carbonyl (C=O) groups excluding carboxylic acids is 2. The number of hydrogen-bond acceptors (Lipinski definition) is 5. The van der Waals surface area contributed by atoms with Crippen LogP contribution >= 0.6 is 0 Å². The van der Waals surface area contributed by atoms with Crippen LogP contribution < -0.4 is 11.1 Å². The molecular weight excluding hydrogens is 588 g/mol. The van der Waals surface area contributed by atoms with Gasteiger partial charge in [-0.3, -0.25) is 9.59 Å². The van der Waals surface area contributed by atoms with Gasteiger partial charge >= 0.3 is 11.9 Å². The standard InChI is InChI=1S/C40H70N2O5/c1-3-5-7-9-11-13-15-16-18-21-25-30-36(47-39(44)34-28-24-19-17-14-12-10-8-6-4-2)31-26-22-20-23-27-33-38(43)42-37(40(45)46)32-29-35-41/h8,10-11,13,16,18,25,30,36-37H,3-7,9,12,14-15,17,19-24,26-29,31-35,41H2,1-2H3,(H,42,43)(H,45,46)/b10-8-,13-11-,18-16-,30-25-. The van der Waals surface area contributed by atoms with Gasteiger partial charge < -0.3 is 20.9 Å². The number of unbranched alkanes of at least 4 members (excludes halogenated alkanes) is 13. The summed E-state index contributed by atoms with van der Waals surface area (Å²) in [6.07, 6.45) is 40.2. The van der Waals surface area contributed by atoms with Crippen LogP contribution in [-0.4, -0.2) is 41.6 Å². The highest BCUT2D eigenvalue weighted by molar-refractivity contribution is 5.83. The topological polar surface area (TPSA) is 119 Å². The van der Waals surface area contributed by atoms with Crippen LogP contribution in [0, 0.1) is 0 Å². The molecule has 0 heterocycles. The summed E-state index contributed by atoms with van der Waals surface area (Å²) < 4.78 is 5.89. The fourth-order valence-electron chi connectivity index (χ4n) is 5.20. The molecule has 7 heteroatoms. The molecule has 4 N–H and O–H groups in total. The summed E-state index contributed by atoms with van der Waals surface area (Å²) in [6.45, 7) is 4.83. The van der Waals surface area contributed by atoms with Gasteiger partial charge in [0.05, 0.1) is 0 Å². The minimum Gasteiger partial charge on any atom is -0.480 e. The molecule has 0 saturated heterocycles. The number of amides is 1. The fraction of sp³-hybridized carbons (Fsp3) is 0.725. The van der Waals surface area contributed by atoms with Crippen LogP contribution in [0.4, 0.5) is 0 Å². The molecule has 2 unspecified atom stereocenters. The van der Waals surface area contributed by atoms with E-state index in [0.29, 0.717) is 32.2 Å². The molecule has 0 rings (SSSR count). The zero-order valence-electron chi connectivity index (χ0n) is 30.1. The maximum Gasteiger partial charge on any atom is 0.326 e. The van der Waals surface area contributed by atoms with Gasteiger partial charge in [0.2, 0.25) is 5.91 Å². The van der Waals surface area contributed by atoms with E-state index in [-0.39, 0.29) is 18.0 Å². The van der Waals surface area contributed by atoms with Gasteiger partial charge in [-0.15, -0.1) is 0 Å². The maximum absolute atomic E-state index is 12.6. The summed E-state index contributed by atoms with van der Waals surface area (Å²) in [4.78, 5) is 36.1. The average Bonchev–Trinajstić information content (AvgIpc) is 3.05. The fourth-order valence-corrected chi connectivity index (χ4v) is 5.20. The molecule has 0 aromatic carbocycles. The first-order chi connectivity index (χ1) is 22.9. The minimum absolute atomic E-state index is 0.108. The SMILES string of the molecule is CCC/C=C\CCCCCCCC(=O)OC(/C=C\C/C=C\C/C=C\CCCCC)CCCCCCCC(=O)NC(CCCN)C(=O)O. The third-order valence-corrected chi connectivity index (χ3v) is 8.08. The Hall–Kier alpha value is -2.67. The monoisotopic (exact) mass is 659 g/mol. The first-order valence-corrected chi connectivity index (χ1v) is 19.0. The van der Waals surface area contributed by atoms with Crippen LogP contribution in [0.25, 0.3) is 0 Å². The van der Waals surface area contributed by atoms with Crippen molar-refractivity contribution in [1.29, 1.82) is 0 Å². The number of aliphatic carboxylic acids is 1. The number of ether oxygens (including phenoxy) is 1. The van der Waals surface area contributed by atoms with Crippen LogP contribution in [0.3, 0.4) is 0 Å². The predicted octanol–water partition coefficient (Wildman–Crippen LogP) is 10.1. The maximum atomic E-state index is 12.6. The third kappa shape index (κ3) is 31.7. The molecular formula is C40H70N2O5. The largest absolute Gasteiger partial charge is 0.480 e. The molecule has 0 spiro atoms. The van der Waals surface area contributed by atoms with E-state index in [1.165, 1.54) is 44.9 Å². The number of esters is 1. The molecule has 1 amide bonds. The smallest absolute Gasteiger partial charge is 0.326 e. The van der Waals surface area contributed by atoms with Crippen molar-refractivity contribution in [2.75, 3.05) is 6.54 Å². The molecule has 0 aliphatic rings. The summed E-state index contributed by atoms with van der Waals surface area (Å²) in [5.74, 6) is -1.34. The molecule has 0 aliphatic carbocycles. The Morgan fingerprint density at radius 1 is 0.638 bits per heavy atom. The van der Waals surface area contributed by atoms with Crippen LogP contribution in [0.5, 0.6) is 0 Å². The Balaban J connectivity index is 4.50. The molecule has 47 heavy (non-hydrogen) atoms. The van der Waals surface area contributed by atoms with Crippen LogP contribution in [-0.2, 0) is 19.1 Å². The Morgan fingerprint density at radius 2 is 1.21 bits per heavy atom. The number of nitrogens with one attached hydrogen (secondary N) is 1. The first-order valence-electron chi connectivity index (χ1n) is 19.0. The summed E-state index contributed by atoms with van der Waals surface area (Å²) in [6, 6.07) is -0.867. The Bertz CT molecular complexity index is 880. The molecule has 0 radical (unpaired) electrons. The van der Waals surface area contributed by atoms with Crippen LogP contribution in [0.2, 0.25) is 0 Å². The van der Waals surface area contributed by atoms with E-state index in [1.807, 2.05) is 6.08 Å². The van der Waals surface area contributed by atoms with Gasteiger partial charge in [-0.05, 0) is 96.1 Å². The zero-order valence-corrected chi connectivity index (χ0v) is 30.1. The number of nitrogens with two attached hydrogens (primary N) is 1. The summed E-state index contributed by atoms with van der Waals surface area (Å²) in [5.41, 5.74) is 5.46. The van der Waals surface area contributed by atoms with E-state index in [2.05, 4.69) is 61.7 Å². The van der Waals surface area contributed by atoms with Crippen molar-refractivity contribution in [2.24, 2.45) is 5.73 Å². The van der Waals surface area contributed by atoms with Gasteiger partial charge in [-0.2, -0.15) is 0 Å². The summed E-state index contributed by atoms with van der Waals surface area (Å²) in [7, 11) is 0. The third-order valence-electron chi connectivity index (χ3n) is 8.08. The van der Waals surface area contributed by atoms with E-state index in [9.17, 15) is 19.5 Å². The Morgan fingerprint density at radius 3 is 1.89 bits per heavy atom. The summed E-state index contributed by atoms with van der Waals surface area (Å²) >= 11 is 0. The normalized spacial score (nSPS) is 13.3. The van der Waals surface area contributed by atoms with Crippen LogP contribution in [0.15, 0.2) is 48.6 Å². The Kier molecular flexibility index (Phi) is 32.7. The highest BCUT2D eigenvalue weighted by Gasteiger charge is 2.18. The second kappa shape index (κ2) is 34.7. The molecule has 0 fully saturated rings. The molecule has 2 atom stereocenters. The number of hydrogen-bond donors (Lipinski definition) is 3. The lowest BCUT2D eigenvalue weighted by molar-refractivity contribution is -0.147. The van der Waals surface area contributed by atoms with Gasteiger partial charge in [0.25, 0.3) is 0 Å². The highest BCUT2D eigenvalue weighted by Crippen LogP contribution is 2.15. The van der Waals surface area contributed by atoms with E-state index < -0.39 is 12.0 Å². The minimum atomic E-state index is -1.01. The quantitative estimate of drug-likeness (QED) is 0.0367. The van der Waals surface area contributed by atoms with E-state index in [0.717, 1.165) is 83.5 Å². The van der Waals surface area contributed by atoms with Gasteiger partial charge in [0, 0.05) is 12.8 Å². The summed E-state index contributed by atoms with van der Waals surface area (Å²) in [5, 5.41) is 11.9. The van der Waals surface area contributed by atoms with Gasteiger partial charge in [0.1, 0.15) is 12.1 Å². The highest BCUT2D eigenvalue weighted by atomic mass is 16.5. The van der Waals surface area contributed by atoms with Crippen molar-refractivity contribution in [1.82, 2.24) is 5.32 Å². The van der Waals surface area contributed by atoms with Gasteiger partial charge in [-0.25, -0.2) is 4.79 Å². The number of allylic oxidation sites excluding steroid dienone is 7. The number of carboxylic acid groups (broad SMARTS) is 1. The van der Waals surface area contributed by atoms with Crippen LogP contribution in [0.1, 0.15) is 168 Å². The van der Waals surface area contributed by atoms with Crippen molar-refractivity contribution < 1.29 is 24.2 Å². The average molecular weight is 659 g/mol. The van der Waals surface area contributed by atoms with E-state index in [4.69, 9.17) is 10.5 Å². The second-order valence-electron chi connectivity index (χ2n) is 12.6. The second-order valence-corrected chi connectivity index (χ2v) is 12.6. The lowest BCUT2D eigenvalue weighted by Crippen LogP contribution is -2.40. The zero-order chi connectivity index (χ0) is 34.6. The van der Waals surface area contributed by atoms with Gasteiger partial charge in [-0.1, -0.05) is 114 Å². The number of rotatable bonds is 33. The molecule has 0 aromatic heterocycles. The molecule has 270 valence electrons. The van der Waals surface area contributed by atoms with E-state index in [1.54, 1.807) is 0 Å².